The highest BCUT2D eigenvalue weighted by Crippen LogP contribution is 2.18. The highest BCUT2D eigenvalue weighted by atomic mass is 16.3. The minimum atomic E-state index is -0.226. The number of aromatic amines is 1. The van der Waals surface area contributed by atoms with E-state index in [-0.39, 0.29) is 5.91 Å². The van der Waals surface area contributed by atoms with Crippen molar-refractivity contribution in [3.8, 4) is 0 Å². The second-order valence-electron chi connectivity index (χ2n) is 4.09. The summed E-state index contributed by atoms with van der Waals surface area (Å²) in [7, 11) is 0. The van der Waals surface area contributed by atoms with E-state index in [4.69, 9.17) is 4.42 Å². The number of amides is 1. The lowest BCUT2D eigenvalue weighted by Crippen LogP contribution is -2.25. The summed E-state index contributed by atoms with van der Waals surface area (Å²) in [5, 5.41) is 10.2. The molecule has 0 aliphatic rings. The summed E-state index contributed by atoms with van der Waals surface area (Å²) in [6.45, 7) is 0.477. The molecule has 3 rings (SSSR count). The molecule has 0 aliphatic heterocycles. The molecule has 3 aromatic rings. The second-order valence-corrected chi connectivity index (χ2v) is 4.09. The van der Waals surface area contributed by atoms with E-state index in [0.29, 0.717) is 24.3 Å². The Labute approximate surface area is 108 Å². The summed E-state index contributed by atoms with van der Waals surface area (Å²) in [5.41, 5.74) is 0.711. The Balaban J connectivity index is 1.63. The Morgan fingerprint density at radius 3 is 3.05 bits per heavy atom. The number of nitrogens with one attached hydrogen (secondary N) is 2. The van der Waals surface area contributed by atoms with Crippen molar-refractivity contribution < 1.29 is 9.21 Å². The van der Waals surface area contributed by atoms with Gasteiger partial charge in [-0.1, -0.05) is 18.2 Å². The number of benzene rings is 1. The van der Waals surface area contributed by atoms with Crippen LogP contribution in [0, 0.1) is 0 Å². The Morgan fingerprint density at radius 2 is 2.26 bits per heavy atom. The first kappa shape index (κ1) is 11.5. The highest BCUT2D eigenvalue weighted by Gasteiger charge is 2.11. The molecule has 0 fully saturated rings. The van der Waals surface area contributed by atoms with E-state index in [0.717, 1.165) is 11.2 Å². The molecule has 0 unspecified atom stereocenters. The summed E-state index contributed by atoms with van der Waals surface area (Å²) in [4.78, 5) is 15.9. The Morgan fingerprint density at radius 1 is 1.37 bits per heavy atom. The van der Waals surface area contributed by atoms with Crippen LogP contribution in [0.3, 0.4) is 0 Å². The molecule has 2 aromatic heterocycles. The van der Waals surface area contributed by atoms with Crippen LogP contribution in [0.15, 0.2) is 41.1 Å². The zero-order valence-electron chi connectivity index (χ0n) is 10.1. The first-order chi connectivity index (χ1) is 9.33. The third-order valence-electron chi connectivity index (χ3n) is 2.76. The van der Waals surface area contributed by atoms with Crippen LogP contribution in [-0.2, 0) is 6.42 Å². The zero-order chi connectivity index (χ0) is 13.1. The van der Waals surface area contributed by atoms with E-state index in [9.17, 15) is 4.79 Å². The number of carbonyl (C=O) groups excluding carboxylic acids is 1. The molecule has 2 N–H and O–H groups in total. The molecule has 1 aromatic carbocycles. The Bertz CT molecular complexity index is 655. The summed E-state index contributed by atoms with van der Waals surface area (Å²) in [6, 6.07) is 9.25. The monoisotopic (exact) mass is 256 g/mol. The normalized spacial score (nSPS) is 10.7. The fourth-order valence-electron chi connectivity index (χ4n) is 1.83. The van der Waals surface area contributed by atoms with E-state index in [1.54, 1.807) is 6.07 Å². The van der Waals surface area contributed by atoms with Crippen LogP contribution in [0.5, 0.6) is 0 Å². The summed E-state index contributed by atoms with van der Waals surface area (Å²) < 4.78 is 5.47. The second kappa shape index (κ2) is 4.93. The first-order valence-corrected chi connectivity index (χ1v) is 5.94. The number of rotatable bonds is 4. The summed E-state index contributed by atoms with van der Waals surface area (Å²) in [6.07, 6.45) is 2.04. The summed E-state index contributed by atoms with van der Waals surface area (Å²) >= 11 is 0. The molecule has 1 amide bonds. The maximum absolute atomic E-state index is 11.9. The van der Waals surface area contributed by atoms with Crippen LogP contribution in [0.25, 0.3) is 11.0 Å². The van der Waals surface area contributed by atoms with Crippen LogP contribution < -0.4 is 5.32 Å². The minimum absolute atomic E-state index is 0.226. The SMILES string of the molecule is O=C(NCCc1ncn[nH]1)c1cc2ccccc2o1. The number of fused-ring (bicyclic) bond motifs is 1. The van der Waals surface area contributed by atoms with E-state index in [2.05, 4.69) is 20.5 Å². The van der Waals surface area contributed by atoms with E-state index in [1.165, 1.54) is 6.33 Å². The molecular weight excluding hydrogens is 244 g/mol. The molecule has 2 heterocycles. The van der Waals surface area contributed by atoms with E-state index < -0.39 is 0 Å². The van der Waals surface area contributed by atoms with Gasteiger partial charge in [-0.15, -0.1) is 0 Å². The number of furan rings is 1. The molecule has 6 nitrogen and oxygen atoms in total. The third kappa shape index (κ3) is 2.47. The molecule has 96 valence electrons. The number of H-pyrrole nitrogens is 1. The average Bonchev–Trinajstić information content (AvgIpc) is 3.07. The van der Waals surface area contributed by atoms with Gasteiger partial charge in [0.25, 0.3) is 5.91 Å². The van der Waals surface area contributed by atoms with Gasteiger partial charge in [0.1, 0.15) is 17.7 Å². The third-order valence-corrected chi connectivity index (χ3v) is 2.76. The molecule has 0 atom stereocenters. The number of carbonyl (C=O) groups is 1. The number of aromatic nitrogens is 3. The Kier molecular flexibility index (Phi) is 2.97. The largest absolute Gasteiger partial charge is 0.451 e. The van der Waals surface area contributed by atoms with Gasteiger partial charge in [0.15, 0.2) is 5.76 Å². The molecule has 0 radical (unpaired) electrons. The predicted octanol–water partition coefficient (Wildman–Crippen LogP) is 1.52. The van der Waals surface area contributed by atoms with Gasteiger partial charge in [-0.2, -0.15) is 5.10 Å². The molecule has 0 aliphatic carbocycles. The van der Waals surface area contributed by atoms with Crippen LogP contribution in [0.4, 0.5) is 0 Å². The smallest absolute Gasteiger partial charge is 0.287 e. The lowest BCUT2D eigenvalue weighted by molar-refractivity contribution is 0.0928. The van der Waals surface area contributed by atoms with Crippen molar-refractivity contribution in [2.75, 3.05) is 6.54 Å². The van der Waals surface area contributed by atoms with Gasteiger partial charge in [-0.05, 0) is 12.1 Å². The lowest BCUT2D eigenvalue weighted by atomic mass is 10.2. The van der Waals surface area contributed by atoms with Crippen LogP contribution in [0.2, 0.25) is 0 Å². The van der Waals surface area contributed by atoms with Crippen molar-refractivity contribution in [2.24, 2.45) is 0 Å². The standard InChI is InChI=1S/C13H12N4O2/c18-13(14-6-5-12-15-8-16-17-12)11-7-9-3-1-2-4-10(9)19-11/h1-4,7-8H,5-6H2,(H,14,18)(H,15,16,17). The van der Waals surface area contributed by atoms with Gasteiger partial charge < -0.3 is 9.73 Å². The van der Waals surface area contributed by atoms with Crippen LogP contribution >= 0.6 is 0 Å². The Hall–Kier alpha value is -2.63. The van der Waals surface area contributed by atoms with Crippen molar-refractivity contribution in [1.82, 2.24) is 20.5 Å². The molecule has 0 saturated carbocycles. The van der Waals surface area contributed by atoms with Crippen LogP contribution in [0.1, 0.15) is 16.4 Å². The molecule has 0 saturated heterocycles. The highest BCUT2D eigenvalue weighted by molar-refractivity contribution is 5.96. The fraction of sp³-hybridized carbons (Fsp3) is 0.154. The topological polar surface area (TPSA) is 83.8 Å². The van der Waals surface area contributed by atoms with Crippen molar-refractivity contribution in [3.05, 3.63) is 48.2 Å². The molecule has 19 heavy (non-hydrogen) atoms. The number of nitrogens with zero attached hydrogens (tertiary/aromatic N) is 2. The minimum Gasteiger partial charge on any atom is -0.451 e. The fourth-order valence-corrected chi connectivity index (χ4v) is 1.83. The molecular formula is C13H12N4O2. The first-order valence-electron chi connectivity index (χ1n) is 5.94. The van der Waals surface area contributed by atoms with Gasteiger partial charge in [0.05, 0.1) is 0 Å². The van der Waals surface area contributed by atoms with Crippen LogP contribution in [-0.4, -0.2) is 27.6 Å². The maximum Gasteiger partial charge on any atom is 0.287 e. The van der Waals surface area contributed by atoms with E-state index >= 15 is 0 Å². The van der Waals surface area contributed by atoms with Gasteiger partial charge in [-0.3, -0.25) is 9.89 Å². The van der Waals surface area contributed by atoms with Gasteiger partial charge in [0.2, 0.25) is 0 Å². The number of hydrogen-bond donors (Lipinski definition) is 2. The van der Waals surface area contributed by atoms with Gasteiger partial charge in [-0.25, -0.2) is 4.98 Å². The number of hydrogen-bond acceptors (Lipinski definition) is 4. The molecule has 0 bridgehead atoms. The van der Waals surface area contributed by atoms with Gasteiger partial charge in [0, 0.05) is 18.4 Å². The van der Waals surface area contributed by atoms with Gasteiger partial charge >= 0.3 is 0 Å². The van der Waals surface area contributed by atoms with Crippen molar-refractivity contribution in [3.63, 3.8) is 0 Å². The quantitative estimate of drug-likeness (QED) is 0.741. The lowest BCUT2D eigenvalue weighted by Gasteiger charge is -2.00. The van der Waals surface area contributed by atoms with Crippen molar-refractivity contribution in [2.45, 2.75) is 6.42 Å². The van der Waals surface area contributed by atoms with Crippen molar-refractivity contribution in [1.29, 1.82) is 0 Å². The predicted molar refractivity (Wildman–Crippen MR) is 68.6 cm³/mol. The maximum atomic E-state index is 11.9. The molecule has 0 spiro atoms. The summed E-state index contributed by atoms with van der Waals surface area (Å²) in [5.74, 6) is 0.833. The van der Waals surface area contributed by atoms with E-state index in [1.807, 2.05) is 24.3 Å². The number of para-hydroxylation sites is 1. The average molecular weight is 256 g/mol. The zero-order valence-corrected chi connectivity index (χ0v) is 10.1. The van der Waals surface area contributed by atoms with Crippen molar-refractivity contribution >= 4 is 16.9 Å². The molecule has 6 heteroatoms.